The summed E-state index contributed by atoms with van der Waals surface area (Å²) < 4.78 is 19.6. The Hall–Kier alpha value is -2.36. The van der Waals surface area contributed by atoms with Crippen molar-refractivity contribution in [3.8, 4) is 17.2 Å². The Morgan fingerprint density at radius 2 is 2.08 bits per heavy atom. The van der Waals surface area contributed by atoms with Crippen LogP contribution >= 0.6 is 27.3 Å². The maximum atomic E-state index is 13.5. The summed E-state index contributed by atoms with van der Waals surface area (Å²) in [6, 6.07) is 4.15. The number of hydrogen-bond acceptors (Lipinski definition) is 7. The molecule has 1 aromatic carbocycles. The van der Waals surface area contributed by atoms with E-state index in [2.05, 4.69) is 20.8 Å². The van der Waals surface area contributed by atoms with E-state index >= 15 is 0 Å². The highest BCUT2D eigenvalue weighted by molar-refractivity contribution is 9.10. The van der Waals surface area contributed by atoms with Gasteiger partial charge in [-0.25, -0.2) is 0 Å². The fraction of sp³-hybridized carbons (Fsp3) is 0.548. The van der Waals surface area contributed by atoms with Crippen molar-refractivity contribution in [3.63, 3.8) is 0 Å². The van der Waals surface area contributed by atoms with Gasteiger partial charge < -0.3 is 19.1 Å². The van der Waals surface area contributed by atoms with Crippen LogP contribution in [-0.2, 0) is 21.4 Å². The zero-order valence-corrected chi connectivity index (χ0v) is 25.6. The van der Waals surface area contributed by atoms with Gasteiger partial charge >= 0.3 is 5.97 Å². The number of likely N-dealkylation sites (tertiary alicyclic amines) is 1. The number of thiophene rings is 1. The lowest BCUT2D eigenvalue weighted by Crippen LogP contribution is -2.69. The SMILES string of the molecule is COc1cc(OC(C)=O)c2c3c1O[C@H]1[C@@H](N(C)C(=O)/C=C/c4cc(Br)cs4)CC[C@H]4[C@@H](C2)N(CC2CC2)CC[C@@]341. The predicted molar refractivity (Wildman–Crippen MR) is 157 cm³/mol. The zero-order valence-electron chi connectivity index (χ0n) is 23.2. The van der Waals surface area contributed by atoms with E-state index in [1.54, 1.807) is 24.5 Å². The summed E-state index contributed by atoms with van der Waals surface area (Å²) in [4.78, 5) is 31.3. The molecule has 2 saturated carbocycles. The van der Waals surface area contributed by atoms with Gasteiger partial charge in [0.25, 0.3) is 0 Å². The second-order valence-corrected chi connectivity index (χ2v) is 14.0. The molecule has 2 aromatic rings. The standard InChI is InChI=1S/C31H35BrN2O5S/c1-17(35)38-25-14-26(37-3)29-28-21(25)13-24-22-7-8-23(33(2)27(36)9-6-20-12-19(32)16-40-20)30(39-29)31(22,28)10-11-34(24)15-18-4-5-18/h6,9,12,14,16,18,22-24,30H,4-5,7-8,10-11,13,15H2,1-3H3/b9-6+/t22-,23-,24+,30-,31-/m0/s1. The number of likely N-dealkylation sites (N-methyl/N-ethyl adjacent to an activating group) is 1. The van der Waals surface area contributed by atoms with Crippen LogP contribution in [-0.4, -0.2) is 67.1 Å². The molecule has 9 heteroatoms. The monoisotopic (exact) mass is 626 g/mol. The highest BCUT2D eigenvalue weighted by Gasteiger charge is 2.67. The number of carbonyl (C=O) groups is 2. The number of esters is 1. The molecule has 1 aromatic heterocycles. The molecular formula is C31H35BrN2O5S. The number of halogens is 1. The van der Waals surface area contributed by atoms with Crippen molar-refractivity contribution >= 4 is 45.2 Å². The van der Waals surface area contributed by atoms with E-state index in [1.165, 1.54) is 25.3 Å². The molecule has 7 rings (SSSR count). The molecule has 0 radical (unpaired) electrons. The minimum absolute atomic E-state index is 0.0183. The first-order valence-corrected chi connectivity index (χ1v) is 16.0. The van der Waals surface area contributed by atoms with Crippen molar-refractivity contribution < 1.29 is 23.8 Å². The van der Waals surface area contributed by atoms with E-state index in [0.29, 0.717) is 23.5 Å². The van der Waals surface area contributed by atoms with Gasteiger partial charge in [-0.1, -0.05) is 0 Å². The largest absolute Gasteiger partial charge is 0.493 e. The van der Waals surface area contributed by atoms with Crippen molar-refractivity contribution in [2.75, 3.05) is 27.2 Å². The Morgan fingerprint density at radius 1 is 1.25 bits per heavy atom. The smallest absolute Gasteiger partial charge is 0.308 e. The van der Waals surface area contributed by atoms with Crippen LogP contribution in [0, 0.1) is 11.8 Å². The molecule has 1 saturated heterocycles. The third kappa shape index (κ3) is 4.14. The molecule has 5 aliphatic rings. The Balaban J connectivity index is 1.29. The maximum absolute atomic E-state index is 13.5. The summed E-state index contributed by atoms with van der Waals surface area (Å²) in [6.45, 7) is 3.62. The summed E-state index contributed by atoms with van der Waals surface area (Å²) in [5.74, 6) is 2.87. The Labute approximate surface area is 247 Å². The molecule has 2 aliphatic heterocycles. The van der Waals surface area contributed by atoms with Crippen LogP contribution in [0.15, 0.2) is 28.1 Å². The molecule has 3 heterocycles. The molecule has 7 nitrogen and oxygen atoms in total. The van der Waals surface area contributed by atoms with E-state index < -0.39 is 0 Å². The average Bonchev–Trinajstić information content (AvgIpc) is 3.55. The molecule has 3 fully saturated rings. The lowest BCUT2D eigenvalue weighted by molar-refractivity contribution is -0.135. The van der Waals surface area contributed by atoms with Crippen LogP contribution in [0.1, 0.15) is 55.0 Å². The predicted octanol–water partition coefficient (Wildman–Crippen LogP) is 5.43. The summed E-state index contributed by atoms with van der Waals surface area (Å²) in [5.41, 5.74) is 2.02. The van der Waals surface area contributed by atoms with Crippen molar-refractivity contribution in [2.24, 2.45) is 11.8 Å². The quantitative estimate of drug-likeness (QED) is 0.232. The van der Waals surface area contributed by atoms with E-state index in [-0.39, 0.29) is 29.4 Å². The molecule has 1 spiro atoms. The molecule has 5 atom stereocenters. The highest BCUT2D eigenvalue weighted by atomic mass is 79.9. The molecule has 2 bridgehead atoms. The first-order chi connectivity index (χ1) is 19.3. The second-order valence-electron chi connectivity index (χ2n) is 12.1. The Morgan fingerprint density at radius 3 is 2.77 bits per heavy atom. The van der Waals surface area contributed by atoms with Crippen molar-refractivity contribution in [3.05, 3.63) is 44.1 Å². The van der Waals surface area contributed by atoms with Gasteiger partial charge in [0, 0.05) is 70.0 Å². The van der Waals surface area contributed by atoms with Gasteiger partial charge in [0.05, 0.1) is 13.2 Å². The number of carbonyl (C=O) groups excluding carboxylic acids is 2. The number of ether oxygens (including phenoxy) is 3. The number of piperidine rings is 1. The number of hydrogen-bond donors (Lipinski definition) is 0. The third-order valence-corrected chi connectivity index (χ3v) is 11.6. The van der Waals surface area contributed by atoms with Crippen LogP contribution in [0.3, 0.4) is 0 Å². The first kappa shape index (κ1) is 26.5. The molecule has 0 unspecified atom stereocenters. The summed E-state index contributed by atoms with van der Waals surface area (Å²) in [6.07, 6.45) is 9.80. The second kappa shape index (κ2) is 9.88. The van der Waals surface area contributed by atoms with Gasteiger partial charge in [-0.3, -0.25) is 14.5 Å². The zero-order chi connectivity index (χ0) is 27.8. The fourth-order valence-electron chi connectivity index (χ4n) is 8.14. The first-order valence-electron chi connectivity index (χ1n) is 14.3. The minimum atomic E-state index is -0.329. The van der Waals surface area contributed by atoms with Gasteiger partial charge in [-0.05, 0) is 85.0 Å². The fourth-order valence-corrected chi connectivity index (χ4v) is 9.48. The summed E-state index contributed by atoms with van der Waals surface area (Å²) in [5, 5.41) is 2.02. The lowest BCUT2D eigenvalue weighted by atomic mass is 9.50. The van der Waals surface area contributed by atoms with E-state index in [9.17, 15) is 9.59 Å². The van der Waals surface area contributed by atoms with Crippen molar-refractivity contribution in [2.45, 2.75) is 69.1 Å². The summed E-state index contributed by atoms with van der Waals surface area (Å²) in [7, 11) is 3.55. The van der Waals surface area contributed by atoms with Crippen LogP contribution < -0.4 is 14.2 Å². The maximum Gasteiger partial charge on any atom is 0.308 e. The Kier molecular flexibility index (Phi) is 6.55. The van der Waals surface area contributed by atoms with Crippen LogP contribution in [0.4, 0.5) is 0 Å². The van der Waals surface area contributed by atoms with Gasteiger partial charge in [-0.15, -0.1) is 11.3 Å². The van der Waals surface area contributed by atoms with Gasteiger partial charge in [-0.2, -0.15) is 0 Å². The molecule has 0 N–H and O–H groups in total. The number of methoxy groups -OCH3 is 1. The van der Waals surface area contributed by atoms with Gasteiger partial charge in [0.2, 0.25) is 5.91 Å². The van der Waals surface area contributed by atoms with E-state index in [0.717, 1.165) is 65.4 Å². The highest BCUT2D eigenvalue weighted by Crippen LogP contribution is 2.66. The average molecular weight is 628 g/mol. The topological polar surface area (TPSA) is 68.3 Å². The van der Waals surface area contributed by atoms with Crippen LogP contribution in [0.25, 0.3) is 6.08 Å². The van der Waals surface area contributed by atoms with Crippen molar-refractivity contribution in [1.29, 1.82) is 0 Å². The van der Waals surface area contributed by atoms with Gasteiger partial charge in [0.1, 0.15) is 11.9 Å². The summed E-state index contributed by atoms with van der Waals surface area (Å²) >= 11 is 5.09. The molecular weight excluding hydrogens is 592 g/mol. The van der Waals surface area contributed by atoms with Crippen LogP contribution in [0.2, 0.25) is 0 Å². The molecule has 3 aliphatic carbocycles. The minimum Gasteiger partial charge on any atom is -0.493 e. The van der Waals surface area contributed by atoms with E-state index in [1.807, 2.05) is 35.5 Å². The van der Waals surface area contributed by atoms with Gasteiger partial charge in [0.15, 0.2) is 11.5 Å². The number of rotatable bonds is 7. The third-order valence-electron chi connectivity index (χ3n) is 9.96. The number of amides is 1. The number of nitrogens with zero attached hydrogens (tertiary/aromatic N) is 2. The molecule has 1 amide bonds. The molecule has 40 heavy (non-hydrogen) atoms. The lowest BCUT2D eigenvalue weighted by Gasteiger charge is -2.60. The van der Waals surface area contributed by atoms with Crippen LogP contribution in [0.5, 0.6) is 17.2 Å². The Bertz CT molecular complexity index is 1400. The molecule has 212 valence electrons. The van der Waals surface area contributed by atoms with E-state index in [4.69, 9.17) is 14.2 Å². The van der Waals surface area contributed by atoms with Crippen molar-refractivity contribution in [1.82, 2.24) is 9.80 Å². The number of benzene rings is 1. The normalized spacial score (nSPS) is 30.1.